The SMILES string of the molecule is COc1cccc(-c2cc(C(=O)N3CCCCC3)[nH]c(=O)n2)c1. The van der Waals surface area contributed by atoms with Crippen LogP contribution in [0.25, 0.3) is 11.3 Å². The summed E-state index contributed by atoms with van der Waals surface area (Å²) in [6, 6.07) is 8.89. The van der Waals surface area contributed by atoms with E-state index in [-0.39, 0.29) is 11.6 Å². The lowest BCUT2D eigenvalue weighted by Crippen LogP contribution is -2.37. The second kappa shape index (κ2) is 6.64. The normalized spacial score (nSPS) is 14.6. The van der Waals surface area contributed by atoms with Crippen LogP contribution < -0.4 is 10.4 Å². The summed E-state index contributed by atoms with van der Waals surface area (Å²) < 4.78 is 5.19. The van der Waals surface area contributed by atoms with Crippen molar-refractivity contribution < 1.29 is 9.53 Å². The Balaban J connectivity index is 1.95. The predicted molar refractivity (Wildman–Crippen MR) is 86.6 cm³/mol. The molecular formula is C17H19N3O3. The molecule has 6 heteroatoms. The third-order valence-corrected chi connectivity index (χ3v) is 3.98. The van der Waals surface area contributed by atoms with Gasteiger partial charge in [0.15, 0.2) is 0 Å². The topological polar surface area (TPSA) is 75.3 Å². The Bertz CT molecular complexity index is 764. The number of rotatable bonds is 3. The molecule has 120 valence electrons. The lowest BCUT2D eigenvalue weighted by atomic mass is 10.1. The zero-order valence-electron chi connectivity index (χ0n) is 13.0. The van der Waals surface area contributed by atoms with Crippen molar-refractivity contribution in [1.82, 2.24) is 14.9 Å². The molecule has 0 saturated carbocycles. The number of aromatic amines is 1. The maximum Gasteiger partial charge on any atom is 0.346 e. The largest absolute Gasteiger partial charge is 0.497 e. The van der Waals surface area contributed by atoms with Gasteiger partial charge in [-0.15, -0.1) is 0 Å². The van der Waals surface area contributed by atoms with E-state index in [1.54, 1.807) is 24.1 Å². The minimum Gasteiger partial charge on any atom is -0.497 e. The zero-order chi connectivity index (χ0) is 16.2. The van der Waals surface area contributed by atoms with Crippen LogP contribution in [0, 0.1) is 0 Å². The van der Waals surface area contributed by atoms with Gasteiger partial charge in [-0.2, -0.15) is 4.98 Å². The Kier molecular flexibility index (Phi) is 4.41. The molecule has 23 heavy (non-hydrogen) atoms. The van der Waals surface area contributed by atoms with Gasteiger partial charge in [-0.3, -0.25) is 4.79 Å². The van der Waals surface area contributed by atoms with Gasteiger partial charge in [-0.25, -0.2) is 4.79 Å². The molecule has 0 spiro atoms. The first-order valence-corrected chi connectivity index (χ1v) is 7.72. The van der Waals surface area contributed by atoms with Gasteiger partial charge < -0.3 is 14.6 Å². The average Bonchev–Trinajstić information content (AvgIpc) is 2.61. The van der Waals surface area contributed by atoms with Crippen molar-refractivity contribution in [2.75, 3.05) is 20.2 Å². The maximum atomic E-state index is 12.6. The van der Waals surface area contributed by atoms with Crippen molar-refractivity contribution >= 4 is 5.91 Å². The van der Waals surface area contributed by atoms with Crippen LogP contribution in [0.1, 0.15) is 29.8 Å². The predicted octanol–water partition coefficient (Wildman–Crippen LogP) is 2.07. The Morgan fingerprint density at radius 1 is 1.22 bits per heavy atom. The highest BCUT2D eigenvalue weighted by atomic mass is 16.5. The number of carbonyl (C=O) groups excluding carboxylic acids is 1. The fourth-order valence-corrected chi connectivity index (χ4v) is 2.77. The molecule has 3 rings (SSSR count). The molecule has 1 saturated heterocycles. The Morgan fingerprint density at radius 3 is 2.74 bits per heavy atom. The van der Waals surface area contributed by atoms with Gasteiger partial charge in [-0.1, -0.05) is 12.1 Å². The molecule has 2 heterocycles. The summed E-state index contributed by atoms with van der Waals surface area (Å²) in [6.07, 6.45) is 3.15. The number of piperidine rings is 1. The molecule has 1 amide bonds. The lowest BCUT2D eigenvalue weighted by molar-refractivity contribution is 0.0718. The summed E-state index contributed by atoms with van der Waals surface area (Å²) in [7, 11) is 1.58. The third-order valence-electron chi connectivity index (χ3n) is 3.98. The fourth-order valence-electron chi connectivity index (χ4n) is 2.77. The zero-order valence-corrected chi connectivity index (χ0v) is 13.0. The minimum absolute atomic E-state index is 0.145. The molecule has 0 radical (unpaired) electrons. The molecule has 2 aromatic rings. The molecule has 1 aromatic heterocycles. The summed E-state index contributed by atoms with van der Waals surface area (Å²) >= 11 is 0. The highest BCUT2D eigenvalue weighted by Crippen LogP contribution is 2.22. The number of aromatic nitrogens is 2. The first-order valence-electron chi connectivity index (χ1n) is 7.72. The van der Waals surface area contributed by atoms with Crippen LogP contribution >= 0.6 is 0 Å². The van der Waals surface area contributed by atoms with Crippen molar-refractivity contribution in [3.05, 3.63) is 46.5 Å². The molecule has 0 aliphatic carbocycles. The van der Waals surface area contributed by atoms with E-state index in [0.717, 1.165) is 37.9 Å². The van der Waals surface area contributed by atoms with Crippen LogP contribution in [0.4, 0.5) is 0 Å². The average molecular weight is 313 g/mol. The van der Waals surface area contributed by atoms with Crippen molar-refractivity contribution in [3.63, 3.8) is 0 Å². The van der Waals surface area contributed by atoms with Gasteiger partial charge in [-0.05, 0) is 37.5 Å². The molecule has 1 fully saturated rings. The van der Waals surface area contributed by atoms with Gasteiger partial charge >= 0.3 is 5.69 Å². The van der Waals surface area contributed by atoms with Crippen molar-refractivity contribution in [2.45, 2.75) is 19.3 Å². The van der Waals surface area contributed by atoms with E-state index in [4.69, 9.17) is 4.74 Å². The highest BCUT2D eigenvalue weighted by Gasteiger charge is 2.20. The number of benzene rings is 1. The summed E-state index contributed by atoms with van der Waals surface area (Å²) in [6.45, 7) is 1.47. The maximum absolute atomic E-state index is 12.6. The molecule has 6 nitrogen and oxygen atoms in total. The van der Waals surface area contributed by atoms with Crippen LogP contribution in [0.5, 0.6) is 5.75 Å². The van der Waals surface area contributed by atoms with Crippen LogP contribution in [0.3, 0.4) is 0 Å². The molecule has 1 N–H and O–H groups in total. The van der Waals surface area contributed by atoms with Gasteiger partial charge in [0.1, 0.15) is 11.4 Å². The number of likely N-dealkylation sites (tertiary alicyclic amines) is 1. The number of ether oxygens (including phenoxy) is 1. The third kappa shape index (κ3) is 3.41. The van der Waals surface area contributed by atoms with E-state index < -0.39 is 5.69 Å². The van der Waals surface area contributed by atoms with Gasteiger partial charge in [0, 0.05) is 18.7 Å². The van der Waals surface area contributed by atoms with E-state index in [9.17, 15) is 9.59 Å². The monoisotopic (exact) mass is 313 g/mol. The Morgan fingerprint density at radius 2 is 2.00 bits per heavy atom. The number of methoxy groups -OCH3 is 1. The second-order valence-corrected chi connectivity index (χ2v) is 5.57. The summed E-state index contributed by atoms with van der Waals surface area (Å²) in [5.74, 6) is 0.529. The van der Waals surface area contributed by atoms with E-state index in [1.807, 2.05) is 18.2 Å². The number of hydrogen-bond acceptors (Lipinski definition) is 4. The van der Waals surface area contributed by atoms with Crippen LogP contribution in [-0.4, -0.2) is 41.0 Å². The van der Waals surface area contributed by atoms with E-state index >= 15 is 0 Å². The molecular weight excluding hydrogens is 294 g/mol. The van der Waals surface area contributed by atoms with E-state index in [2.05, 4.69) is 9.97 Å². The standard InChI is InChI=1S/C17H19N3O3/c1-23-13-7-5-6-12(10-13)14-11-15(19-17(22)18-14)16(21)20-8-3-2-4-9-20/h5-7,10-11H,2-4,8-9H2,1H3,(H,18,19,22). The van der Waals surface area contributed by atoms with Crippen molar-refractivity contribution in [2.24, 2.45) is 0 Å². The summed E-state index contributed by atoms with van der Waals surface area (Å²) in [5, 5.41) is 0. The first kappa shape index (κ1) is 15.3. The van der Waals surface area contributed by atoms with Gasteiger partial charge in [0.05, 0.1) is 12.8 Å². The van der Waals surface area contributed by atoms with Crippen molar-refractivity contribution in [3.8, 4) is 17.0 Å². The quantitative estimate of drug-likeness (QED) is 0.941. The Labute approximate surface area is 134 Å². The number of nitrogens with one attached hydrogen (secondary N) is 1. The highest BCUT2D eigenvalue weighted by molar-refractivity contribution is 5.93. The smallest absolute Gasteiger partial charge is 0.346 e. The summed E-state index contributed by atoms with van der Waals surface area (Å²) in [5.41, 5.74) is 0.964. The molecule has 1 aliphatic heterocycles. The number of amides is 1. The number of carbonyl (C=O) groups is 1. The fraction of sp³-hybridized carbons (Fsp3) is 0.353. The Hall–Kier alpha value is -2.63. The minimum atomic E-state index is -0.523. The van der Waals surface area contributed by atoms with Crippen molar-refractivity contribution in [1.29, 1.82) is 0 Å². The lowest BCUT2D eigenvalue weighted by Gasteiger charge is -2.26. The van der Waals surface area contributed by atoms with E-state index in [0.29, 0.717) is 11.4 Å². The number of nitrogens with zero attached hydrogens (tertiary/aromatic N) is 2. The van der Waals surface area contributed by atoms with Gasteiger partial charge in [0.25, 0.3) is 5.91 Å². The van der Waals surface area contributed by atoms with E-state index in [1.165, 1.54) is 0 Å². The number of H-pyrrole nitrogens is 1. The van der Waals surface area contributed by atoms with Crippen LogP contribution in [-0.2, 0) is 0 Å². The molecule has 1 aromatic carbocycles. The second-order valence-electron chi connectivity index (χ2n) is 5.57. The molecule has 0 bridgehead atoms. The molecule has 1 aliphatic rings. The number of hydrogen-bond donors (Lipinski definition) is 1. The molecule has 0 atom stereocenters. The van der Waals surface area contributed by atoms with Crippen LogP contribution in [0.2, 0.25) is 0 Å². The summed E-state index contributed by atoms with van der Waals surface area (Å²) in [4.78, 5) is 32.7. The molecule has 0 unspecified atom stereocenters. The van der Waals surface area contributed by atoms with Gasteiger partial charge in [0.2, 0.25) is 0 Å². The first-order chi connectivity index (χ1) is 11.2. The van der Waals surface area contributed by atoms with Crippen LogP contribution in [0.15, 0.2) is 35.1 Å².